The molecule has 9 heteroatoms. The minimum Gasteiger partial charge on any atom is -0.497 e. The molecular formula is C18H24N4O4S. The summed E-state index contributed by atoms with van der Waals surface area (Å²) >= 11 is 0. The summed E-state index contributed by atoms with van der Waals surface area (Å²) in [6, 6.07) is 7.11. The summed E-state index contributed by atoms with van der Waals surface area (Å²) in [4.78, 5) is 16.5. The van der Waals surface area contributed by atoms with Gasteiger partial charge in [-0.1, -0.05) is 0 Å². The smallest absolute Gasteiger partial charge is 0.262 e. The molecule has 1 aliphatic rings. The Labute approximate surface area is 159 Å². The summed E-state index contributed by atoms with van der Waals surface area (Å²) in [6.45, 7) is 3.20. The number of ether oxygens (including phenoxy) is 1. The number of aromatic nitrogens is 2. The Bertz CT molecular complexity index is 884. The Morgan fingerprint density at radius 1 is 1.26 bits per heavy atom. The third kappa shape index (κ3) is 4.30. The molecule has 1 amide bonds. The standard InChI is InChI=1S/C18H24N4O4S/c1-3-21-12-17(19-13-21)27(24,25)22-10-8-14(9-11-22)18(23)20-15-4-6-16(26-2)7-5-15/h4-7,12-14H,3,8-11H2,1-2H3,(H,20,23). The number of rotatable bonds is 6. The molecular weight excluding hydrogens is 368 g/mol. The number of piperidine rings is 1. The van der Waals surface area contributed by atoms with Crippen LogP contribution in [0.25, 0.3) is 0 Å². The molecule has 1 aliphatic heterocycles. The van der Waals surface area contributed by atoms with E-state index in [1.54, 1.807) is 35.9 Å². The van der Waals surface area contributed by atoms with Crippen molar-refractivity contribution in [3.63, 3.8) is 0 Å². The molecule has 0 aliphatic carbocycles. The van der Waals surface area contributed by atoms with Gasteiger partial charge >= 0.3 is 0 Å². The van der Waals surface area contributed by atoms with Gasteiger partial charge in [-0.2, -0.15) is 4.31 Å². The number of benzene rings is 1. The van der Waals surface area contributed by atoms with E-state index in [1.165, 1.54) is 16.8 Å². The topological polar surface area (TPSA) is 93.5 Å². The Morgan fingerprint density at radius 3 is 2.48 bits per heavy atom. The third-order valence-electron chi connectivity index (χ3n) is 4.76. The highest BCUT2D eigenvalue weighted by atomic mass is 32.2. The quantitative estimate of drug-likeness (QED) is 0.811. The predicted molar refractivity (Wildman–Crippen MR) is 101 cm³/mol. The number of hydrogen-bond donors (Lipinski definition) is 1. The average Bonchev–Trinajstić information content (AvgIpc) is 3.19. The highest BCUT2D eigenvalue weighted by Gasteiger charge is 2.33. The second kappa shape index (κ2) is 8.10. The van der Waals surface area contributed by atoms with E-state index in [2.05, 4.69) is 10.3 Å². The van der Waals surface area contributed by atoms with Gasteiger partial charge in [0.25, 0.3) is 10.0 Å². The number of amides is 1. The lowest BCUT2D eigenvalue weighted by Gasteiger charge is -2.29. The van der Waals surface area contributed by atoms with E-state index in [9.17, 15) is 13.2 Å². The van der Waals surface area contributed by atoms with Crippen molar-refractivity contribution < 1.29 is 17.9 Å². The number of nitrogens with zero attached hydrogens (tertiary/aromatic N) is 3. The van der Waals surface area contributed by atoms with Crippen molar-refractivity contribution >= 4 is 21.6 Å². The first-order valence-corrected chi connectivity index (χ1v) is 10.3. The van der Waals surface area contributed by atoms with Crippen molar-refractivity contribution in [3.05, 3.63) is 36.8 Å². The molecule has 0 unspecified atom stereocenters. The van der Waals surface area contributed by atoms with Crippen LogP contribution < -0.4 is 10.1 Å². The van der Waals surface area contributed by atoms with E-state index in [4.69, 9.17) is 4.74 Å². The maximum atomic E-state index is 12.7. The lowest BCUT2D eigenvalue weighted by Crippen LogP contribution is -2.41. The molecule has 1 aromatic heterocycles. The number of methoxy groups -OCH3 is 1. The molecule has 3 rings (SSSR count). The summed E-state index contributed by atoms with van der Waals surface area (Å²) in [7, 11) is -2.03. The van der Waals surface area contributed by atoms with E-state index in [-0.39, 0.29) is 16.9 Å². The van der Waals surface area contributed by atoms with Crippen LogP contribution in [0.3, 0.4) is 0 Å². The van der Waals surface area contributed by atoms with E-state index in [0.29, 0.717) is 38.2 Å². The predicted octanol–water partition coefficient (Wildman–Crippen LogP) is 1.95. The van der Waals surface area contributed by atoms with E-state index in [0.717, 1.165) is 5.75 Å². The molecule has 1 fully saturated rings. The zero-order valence-electron chi connectivity index (χ0n) is 15.5. The highest BCUT2D eigenvalue weighted by Crippen LogP contribution is 2.24. The number of hydrogen-bond acceptors (Lipinski definition) is 5. The van der Waals surface area contributed by atoms with Crippen LogP contribution >= 0.6 is 0 Å². The normalized spacial score (nSPS) is 16.2. The van der Waals surface area contributed by atoms with Crippen molar-refractivity contribution in [1.82, 2.24) is 13.9 Å². The minimum absolute atomic E-state index is 0.0606. The number of nitrogens with one attached hydrogen (secondary N) is 1. The highest BCUT2D eigenvalue weighted by molar-refractivity contribution is 7.89. The second-order valence-corrected chi connectivity index (χ2v) is 8.32. The summed E-state index contributed by atoms with van der Waals surface area (Å²) in [5.41, 5.74) is 0.695. The fraction of sp³-hybridized carbons (Fsp3) is 0.444. The zero-order chi connectivity index (χ0) is 19.4. The van der Waals surface area contributed by atoms with Crippen LogP contribution in [0.15, 0.2) is 41.8 Å². The number of carbonyl (C=O) groups excluding carboxylic acids is 1. The first-order chi connectivity index (χ1) is 12.9. The van der Waals surface area contributed by atoms with Crippen molar-refractivity contribution in [1.29, 1.82) is 0 Å². The molecule has 0 saturated carbocycles. The van der Waals surface area contributed by atoms with Crippen molar-refractivity contribution in [2.75, 3.05) is 25.5 Å². The van der Waals surface area contributed by atoms with Crippen LogP contribution in [0.4, 0.5) is 5.69 Å². The first kappa shape index (κ1) is 19.4. The van der Waals surface area contributed by atoms with Gasteiger partial charge in [-0.25, -0.2) is 13.4 Å². The van der Waals surface area contributed by atoms with Crippen LogP contribution in [0.1, 0.15) is 19.8 Å². The Morgan fingerprint density at radius 2 is 1.93 bits per heavy atom. The number of sulfonamides is 1. The van der Waals surface area contributed by atoms with Gasteiger partial charge in [0.15, 0.2) is 5.03 Å². The van der Waals surface area contributed by atoms with Crippen LogP contribution in [0.5, 0.6) is 5.75 Å². The number of anilines is 1. The largest absolute Gasteiger partial charge is 0.497 e. The van der Waals surface area contributed by atoms with Gasteiger partial charge in [0.1, 0.15) is 5.75 Å². The lowest BCUT2D eigenvalue weighted by atomic mass is 9.97. The van der Waals surface area contributed by atoms with Gasteiger partial charge in [-0.15, -0.1) is 0 Å². The van der Waals surface area contributed by atoms with Crippen molar-refractivity contribution in [3.8, 4) is 5.75 Å². The molecule has 146 valence electrons. The summed E-state index contributed by atoms with van der Waals surface area (Å²) in [5, 5.41) is 2.94. The summed E-state index contributed by atoms with van der Waals surface area (Å²) < 4.78 is 33.6. The fourth-order valence-corrected chi connectivity index (χ4v) is 4.46. The molecule has 0 spiro atoms. The average molecular weight is 392 g/mol. The van der Waals surface area contributed by atoms with Crippen LogP contribution in [-0.4, -0.2) is 48.4 Å². The van der Waals surface area contributed by atoms with Gasteiger partial charge in [0.2, 0.25) is 5.91 Å². The summed E-state index contributed by atoms with van der Waals surface area (Å²) in [6.07, 6.45) is 4.02. The molecule has 0 atom stereocenters. The van der Waals surface area contributed by atoms with Crippen LogP contribution in [0.2, 0.25) is 0 Å². The van der Waals surface area contributed by atoms with Gasteiger partial charge < -0.3 is 14.6 Å². The SMILES string of the molecule is CCn1cnc(S(=O)(=O)N2CCC(C(=O)Nc3ccc(OC)cc3)CC2)c1. The second-order valence-electron chi connectivity index (χ2n) is 6.44. The minimum atomic E-state index is -3.61. The molecule has 1 aromatic carbocycles. The number of imidazole rings is 1. The van der Waals surface area contributed by atoms with E-state index < -0.39 is 10.0 Å². The Kier molecular flexibility index (Phi) is 5.81. The molecule has 2 aromatic rings. The molecule has 27 heavy (non-hydrogen) atoms. The van der Waals surface area contributed by atoms with Gasteiger partial charge in [-0.05, 0) is 44.0 Å². The molecule has 0 radical (unpaired) electrons. The number of aryl methyl sites for hydroxylation is 1. The van der Waals surface area contributed by atoms with Crippen LogP contribution in [0, 0.1) is 5.92 Å². The molecule has 1 N–H and O–H groups in total. The van der Waals surface area contributed by atoms with Crippen molar-refractivity contribution in [2.24, 2.45) is 5.92 Å². The summed E-state index contributed by atoms with van der Waals surface area (Å²) in [5.74, 6) is 0.413. The fourth-order valence-electron chi connectivity index (χ4n) is 3.06. The molecule has 1 saturated heterocycles. The van der Waals surface area contributed by atoms with E-state index >= 15 is 0 Å². The Hall–Kier alpha value is -2.39. The maximum Gasteiger partial charge on any atom is 0.262 e. The Balaban J connectivity index is 1.58. The molecule has 2 heterocycles. The third-order valence-corrected chi connectivity index (χ3v) is 6.55. The van der Waals surface area contributed by atoms with Gasteiger partial charge in [-0.3, -0.25) is 4.79 Å². The van der Waals surface area contributed by atoms with Gasteiger partial charge in [0.05, 0.1) is 13.4 Å². The molecule has 0 bridgehead atoms. The first-order valence-electron chi connectivity index (χ1n) is 8.91. The molecule has 8 nitrogen and oxygen atoms in total. The zero-order valence-corrected chi connectivity index (χ0v) is 16.3. The lowest BCUT2D eigenvalue weighted by molar-refractivity contribution is -0.120. The van der Waals surface area contributed by atoms with E-state index in [1.807, 2.05) is 6.92 Å². The maximum absolute atomic E-state index is 12.7. The van der Waals surface area contributed by atoms with Gasteiger partial charge in [0, 0.05) is 37.4 Å². The monoisotopic (exact) mass is 392 g/mol. The van der Waals surface area contributed by atoms with Crippen molar-refractivity contribution in [2.45, 2.75) is 31.3 Å². The van der Waals surface area contributed by atoms with Crippen LogP contribution in [-0.2, 0) is 21.4 Å². The number of carbonyl (C=O) groups is 1.